The van der Waals surface area contributed by atoms with Gasteiger partial charge in [0.15, 0.2) is 0 Å². The summed E-state index contributed by atoms with van der Waals surface area (Å²) in [6, 6.07) is 15.2. The lowest BCUT2D eigenvalue weighted by Crippen LogP contribution is -2.28. The second kappa shape index (κ2) is 13.0. The first kappa shape index (κ1) is 25.6. The molecule has 0 radical (unpaired) electrons. The number of aryl methyl sites for hydroxylation is 1. The van der Waals surface area contributed by atoms with E-state index in [2.05, 4.69) is 37.4 Å². The van der Waals surface area contributed by atoms with E-state index in [1.165, 1.54) is 6.33 Å². The van der Waals surface area contributed by atoms with Gasteiger partial charge in [0.1, 0.15) is 30.3 Å². The molecule has 0 spiro atoms. The Morgan fingerprint density at radius 3 is 2.81 bits per heavy atom. The summed E-state index contributed by atoms with van der Waals surface area (Å²) in [7, 11) is 1.58. The van der Waals surface area contributed by atoms with E-state index in [1.54, 1.807) is 19.5 Å². The zero-order valence-electron chi connectivity index (χ0n) is 20.7. The van der Waals surface area contributed by atoms with Gasteiger partial charge in [0.05, 0.1) is 31.5 Å². The highest BCUT2D eigenvalue weighted by atomic mass is 16.5. The predicted molar refractivity (Wildman–Crippen MR) is 141 cm³/mol. The lowest BCUT2D eigenvalue weighted by atomic mass is 10.1. The fraction of sp³-hybridized carbons (Fsp3) is 0.214. The van der Waals surface area contributed by atoms with Crippen molar-refractivity contribution in [2.24, 2.45) is 0 Å². The molecule has 0 atom stereocenters. The van der Waals surface area contributed by atoms with Gasteiger partial charge in [-0.25, -0.2) is 9.97 Å². The first-order valence-corrected chi connectivity index (χ1v) is 11.6. The molecule has 0 aliphatic heterocycles. The second-order valence-electron chi connectivity index (χ2n) is 7.97. The van der Waals surface area contributed by atoms with E-state index in [-0.39, 0.29) is 19.1 Å². The van der Waals surface area contributed by atoms with Crippen LogP contribution in [-0.4, -0.2) is 54.3 Å². The van der Waals surface area contributed by atoms with Gasteiger partial charge >= 0.3 is 0 Å². The number of amides is 1. The Bertz CT molecular complexity index is 1420. The smallest absolute Gasteiger partial charge is 0.246 e. The van der Waals surface area contributed by atoms with Crippen molar-refractivity contribution >= 4 is 28.3 Å². The van der Waals surface area contributed by atoms with Crippen molar-refractivity contribution in [2.75, 3.05) is 38.8 Å². The minimum Gasteiger partial charge on any atom is -0.455 e. The van der Waals surface area contributed by atoms with Gasteiger partial charge in [0.2, 0.25) is 5.91 Å². The van der Waals surface area contributed by atoms with Crippen LogP contribution in [0.25, 0.3) is 10.9 Å². The molecular formula is C28H27N5O4. The molecule has 2 heterocycles. The van der Waals surface area contributed by atoms with Crippen LogP contribution in [0.3, 0.4) is 0 Å². The number of carbonyl (C=O) groups excluding carboxylic acids is 1. The molecule has 2 aromatic heterocycles. The van der Waals surface area contributed by atoms with E-state index in [1.807, 2.05) is 55.5 Å². The molecule has 0 aliphatic carbocycles. The molecule has 1 amide bonds. The highest BCUT2D eigenvalue weighted by Gasteiger charge is 2.08. The van der Waals surface area contributed by atoms with E-state index in [9.17, 15) is 4.79 Å². The number of fused-ring (bicyclic) bond motifs is 1. The van der Waals surface area contributed by atoms with Crippen molar-refractivity contribution < 1.29 is 19.0 Å². The standard InChI is InChI=1S/C28H27N5O4/c1-20-15-22(8-10-26(20)37-23-6-4-11-29-17-23)33-28-24-16-21(7-9-25(24)31-19-32-28)5-3-12-30-27(34)18-36-14-13-35-2/h4,6-11,15-17,19H,12-14,18H2,1-2H3,(H,30,34)(H,31,32,33). The number of methoxy groups -OCH3 is 1. The fourth-order valence-electron chi connectivity index (χ4n) is 3.39. The third kappa shape index (κ3) is 7.48. The Labute approximate surface area is 215 Å². The molecule has 37 heavy (non-hydrogen) atoms. The van der Waals surface area contributed by atoms with Gasteiger partial charge in [-0.15, -0.1) is 0 Å². The Hall–Kier alpha value is -4.52. The summed E-state index contributed by atoms with van der Waals surface area (Å²) in [6.07, 6.45) is 4.90. The minimum atomic E-state index is -0.226. The van der Waals surface area contributed by atoms with Crippen LogP contribution in [0, 0.1) is 18.8 Å². The quantitative estimate of drug-likeness (QED) is 0.250. The van der Waals surface area contributed by atoms with Crippen molar-refractivity contribution in [3.63, 3.8) is 0 Å². The minimum absolute atomic E-state index is 0.0244. The molecule has 0 saturated carbocycles. The van der Waals surface area contributed by atoms with Crippen LogP contribution in [-0.2, 0) is 14.3 Å². The second-order valence-corrected chi connectivity index (χ2v) is 7.97. The lowest BCUT2D eigenvalue weighted by molar-refractivity contribution is -0.125. The maximum Gasteiger partial charge on any atom is 0.246 e. The summed E-state index contributed by atoms with van der Waals surface area (Å²) < 4.78 is 16.0. The molecule has 0 saturated heterocycles. The monoisotopic (exact) mass is 497 g/mol. The van der Waals surface area contributed by atoms with E-state index in [0.29, 0.717) is 24.8 Å². The summed E-state index contributed by atoms with van der Waals surface area (Å²) in [5.74, 6) is 7.89. The number of pyridine rings is 1. The summed E-state index contributed by atoms with van der Waals surface area (Å²) >= 11 is 0. The topological polar surface area (TPSA) is 107 Å². The van der Waals surface area contributed by atoms with Crippen LogP contribution >= 0.6 is 0 Å². The maximum atomic E-state index is 11.8. The van der Waals surface area contributed by atoms with Gasteiger partial charge in [-0.1, -0.05) is 11.8 Å². The SMILES string of the molecule is COCCOCC(=O)NCC#Cc1ccc2ncnc(Nc3ccc(Oc4cccnc4)c(C)c3)c2c1. The van der Waals surface area contributed by atoms with E-state index >= 15 is 0 Å². The van der Waals surface area contributed by atoms with Gasteiger partial charge < -0.3 is 24.8 Å². The molecule has 2 N–H and O–H groups in total. The molecule has 0 unspecified atom stereocenters. The largest absolute Gasteiger partial charge is 0.455 e. The zero-order chi connectivity index (χ0) is 25.9. The number of hydrogen-bond acceptors (Lipinski definition) is 8. The number of aromatic nitrogens is 3. The van der Waals surface area contributed by atoms with Crippen molar-refractivity contribution in [1.82, 2.24) is 20.3 Å². The molecule has 188 valence electrons. The first-order chi connectivity index (χ1) is 18.1. The highest BCUT2D eigenvalue weighted by Crippen LogP contribution is 2.29. The fourth-order valence-corrected chi connectivity index (χ4v) is 3.39. The number of hydrogen-bond donors (Lipinski definition) is 2. The van der Waals surface area contributed by atoms with Crippen LogP contribution in [0.5, 0.6) is 11.5 Å². The Kier molecular flexibility index (Phi) is 8.97. The number of carbonyl (C=O) groups is 1. The molecule has 4 aromatic rings. The van der Waals surface area contributed by atoms with Crippen molar-refractivity contribution in [2.45, 2.75) is 6.92 Å². The highest BCUT2D eigenvalue weighted by molar-refractivity contribution is 5.91. The van der Waals surface area contributed by atoms with Gasteiger partial charge in [-0.05, 0) is 61.0 Å². The lowest BCUT2D eigenvalue weighted by Gasteiger charge is -2.12. The summed E-state index contributed by atoms with van der Waals surface area (Å²) in [4.78, 5) is 24.6. The van der Waals surface area contributed by atoms with Crippen LogP contribution in [0.4, 0.5) is 11.5 Å². The molecule has 9 nitrogen and oxygen atoms in total. The van der Waals surface area contributed by atoms with Crippen LogP contribution < -0.4 is 15.4 Å². The Balaban J connectivity index is 1.42. The van der Waals surface area contributed by atoms with Crippen molar-refractivity contribution in [3.05, 3.63) is 78.4 Å². The van der Waals surface area contributed by atoms with Gasteiger partial charge in [0.25, 0.3) is 0 Å². The molecule has 0 fully saturated rings. The van der Waals surface area contributed by atoms with Crippen LogP contribution in [0.2, 0.25) is 0 Å². The molecule has 0 bridgehead atoms. The third-order valence-corrected chi connectivity index (χ3v) is 5.21. The Morgan fingerprint density at radius 2 is 2.00 bits per heavy atom. The zero-order valence-corrected chi connectivity index (χ0v) is 20.7. The number of benzene rings is 2. The van der Waals surface area contributed by atoms with Crippen molar-refractivity contribution in [1.29, 1.82) is 0 Å². The van der Waals surface area contributed by atoms with Crippen LogP contribution in [0.15, 0.2) is 67.3 Å². The first-order valence-electron chi connectivity index (χ1n) is 11.6. The number of nitrogens with one attached hydrogen (secondary N) is 2. The molecule has 2 aromatic carbocycles. The maximum absolute atomic E-state index is 11.8. The van der Waals surface area contributed by atoms with Gasteiger partial charge in [0, 0.05) is 29.9 Å². The van der Waals surface area contributed by atoms with Gasteiger partial charge in [-0.2, -0.15) is 0 Å². The van der Waals surface area contributed by atoms with Gasteiger partial charge in [-0.3, -0.25) is 9.78 Å². The Morgan fingerprint density at radius 1 is 1.08 bits per heavy atom. The predicted octanol–water partition coefficient (Wildman–Crippen LogP) is 4.00. The van der Waals surface area contributed by atoms with Crippen molar-refractivity contribution in [3.8, 4) is 23.3 Å². The molecule has 4 rings (SSSR count). The number of anilines is 2. The summed E-state index contributed by atoms with van der Waals surface area (Å²) in [6.45, 7) is 2.99. The van der Waals surface area contributed by atoms with E-state index in [4.69, 9.17) is 14.2 Å². The average molecular weight is 498 g/mol. The number of ether oxygens (including phenoxy) is 3. The molecule has 0 aliphatic rings. The number of rotatable bonds is 10. The average Bonchev–Trinajstić information content (AvgIpc) is 2.91. The van der Waals surface area contributed by atoms with E-state index in [0.717, 1.165) is 33.5 Å². The van der Waals surface area contributed by atoms with Crippen LogP contribution in [0.1, 0.15) is 11.1 Å². The summed E-state index contributed by atoms with van der Waals surface area (Å²) in [5.41, 5.74) is 3.40. The molecular weight excluding hydrogens is 470 g/mol. The van der Waals surface area contributed by atoms with E-state index < -0.39 is 0 Å². The summed E-state index contributed by atoms with van der Waals surface area (Å²) in [5, 5.41) is 6.91. The molecule has 9 heteroatoms. The normalized spacial score (nSPS) is 10.4. The third-order valence-electron chi connectivity index (χ3n) is 5.21. The number of nitrogens with zero attached hydrogens (tertiary/aromatic N) is 3.